The first-order valence-electron chi connectivity index (χ1n) is 8.48. The van der Waals surface area contributed by atoms with Gasteiger partial charge in [-0.3, -0.25) is 0 Å². The van der Waals surface area contributed by atoms with Gasteiger partial charge < -0.3 is 14.2 Å². The summed E-state index contributed by atoms with van der Waals surface area (Å²) in [7, 11) is 1.56. The number of methoxy groups -OCH3 is 1. The number of halogens is 1. The highest BCUT2D eigenvalue weighted by molar-refractivity contribution is 5.83. The average molecular weight is 344 g/mol. The molecule has 134 valence electrons. The Morgan fingerprint density at radius 2 is 1.84 bits per heavy atom. The summed E-state index contributed by atoms with van der Waals surface area (Å²) < 4.78 is 32.1. The molecule has 0 saturated carbocycles. The molecule has 1 saturated heterocycles. The highest BCUT2D eigenvalue weighted by Crippen LogP contribution is 2.43. The van der Waals surface area contributed by atoms with E-state index in [2.05, 4.69) is 6.58 Å². The Kier molecular flexibility index (Phi) is 4.60. The van der Waals surface area contributed by atoms with E-state index in [1.54, 1.807) is 7.11 Å². The van der Waals surface area contributed by atoms with Crippen molar-refractivity contribution in [1.29, 1.82) is 0 Å². The molecular formula is C21H25FO3. The minimum atomic E-state index is -1.39. The zero-order valence-electron chi connectivity index (χ0n) is 15.2. The number of alkyl halides is 1. The van der Waals surface area contributed by atoms with Crippen LogP contribution in [0.3, 0.4) is 0 Å². The van der Waals surface area contributed by atoms with Gasteiger partial charge in [-0.15, -0.1) is 0 Å². The molecule has 0 aromatic heterocycles. The number of rotatable bonds is 3. The van der Waals surface area contributed by atoms with Crippen molar-refractivity contribution in [3.05, 3.63) is 60.4 Å². The van der Waals surface area contributed by atoms with Crippen LogP contribution in [0.1, 0.15) is 32.8 Å². The number of fused-ring (bicyclic) bond motifs is 1. The fraction of sp³-hybridized carbons (Fsp3) is 0.429. The van der Waals surface area contributed by atoms with E-state index < -0.39 is 23.7 Å². The van der Waals surface area contributed by atoms with E-state index in [0.717, 1.165) is 16.3 Å². The van der Waals surface area contributed by atoms with Crippen molar-refractivity contribution >= 4 is 10.8 Å². The van der Waals surface area contributed by atoms with Crippen LogP contribution >= 0.6 is 0 Å². The van der Waals surface area contributed by atoms with Gasteiger partial charge >= 0.3 is 0 Å². The van der Waals surface area contributed by atoms with Crippen LogP contribution in [0.25, 0.3) is 10.8 Å². The summed E-state index contributed by atoms with van der Waals surface area (Å²) in [4.78, 5) is 0. The van der Waals surface area contributed by atoms with Gasteiger partial charge in [0.15, 0.2) is 6.17 Å². The predicted octanol–water partition coefficient (Wildman–Crippen LogP) is 5.09. The van der Waals surface area contributed by atoms with Crippen LogP contribution in [0.4, 0.5) is 4.39 Å². The Hall–Kier alpha value is -1.91. The molecule has 0 radical (unpaired) electrons. The fourth-order valence-electron chi connectivity index (χ4n) is 3.29. The van der Waals surface area contributed by atoms with Crippen LogP contribution < -0.4 is 0 Å². The molecule has 3 nitrogen and oxygen atoms in total. The van der Waals surface area contributed by atoms with E-state index in [9.17, 15) is 4.39 Å². The van der Waals surface area contributed by atoms with Crippen LogP contribution in [0, 0.1) is 0 Å². The lowest BCUT2D eigenvalue weighted by atomic mass is 9.91. The second kappa shape index (κ2) is 6.43. The summed E-state index contributed by atoms with van der Waals surface area (Å²) in [6.45, 7) is 9.46. The van der Waals surface area contributed by atoms with Gasteiger partial charge in [-0.2, -0.15) is 0 Å². The Morgan fingerprint density at radius 3 is 2.48 bits per heavy atom. The van der Waals surface area contributed by atoms with Gasteiger partial charge in [0, 0.05) is 19.1 Å². The van der Waals surface area contributed by atoms with Gasteiger partial charge in [0.25, 0.3) is 0 Å². The molecule has 2 aromatic rings. The van der Waals surface area contributed by atoms with Gasteiger partial charge in [0.05, 0.1) is 5.60 Å². The van der Waals surface area contributed by atoms with Crippen molar-refractivity contribution < 1.29 is 18.6 Å². The molecule has 0 bridgehead atoms. The maximum Gasteiger partial charge on any atom is 0.239 e. The number of hydrogen-bond donors (Lipinski definition) is 0. The molecule has 3 rings (SSSR count). The molecule has 1 fully saturated rings. The molecule has 4 heteroatoms. The SMILES string of the molecule is C=C1O[C@](OC)(c2ccc3ccccc3c2)C[C@H](OC(C)(C)C)[C@@H]1F. The highest BCUT2D eigenvalue weighted by Gasteiger charge is 2.48. The van der Waals surface area contributed by atoms with Gasteiger partial charge in [0.1, 0.15) is 11.9 Å². The third-order valence-corrected chi connectivity index (χ3v) is 4.42. The van der Waals surface area contributed by atoms with E-state index in [0.29, 0.717) is 0 Å². The molecule has 1 aliphatic rings. The van der Waals surface area contributed by atoms with Crippen LogP contribution in [-0.4, -0.2) is 25.0 Å². The van der Waals surface area contributed by atoms with Gasteiger partial charge in [-0.1, -0.05) is 43.0 Å². The molecular weight excluding hydrogens is 319 g/mol. The lowest BCUT2D eigenvalue weighted by molar-refractivity contribution is -0.270. The van der Waals surface area contributed by atoms with Crippen LogP contribution in [0.2, 0.25) is 0 Å². The van der Waals surface area contributed by atoms with E-state index >= 15 is 0 Å². The summed E-state index contributed by atoms with van der Waals surface area (Å²) in [5, 5.41) is 2.19. The molecule has 0 unspecified atom stereocenters. The summed E-state index contributed by atoms with van der Waals surface area (Å²) in [5.74, 6) is -1.07. The number of hydrogen-bond acceptors (Lipinski definition) is 3. The molecule has 0 spiro atoms. The minimum Gasteiger partial charge on any atom is -0.460 e. The largest absolute Gasteiger partial charge is 0.460 e. The van der Waals surface area contributed by atoms with Crippen LogP contribution in [0.15, 0.2) is 54.8 Å². The Morgan fingerprint density at radius 1 is 1.16 bits per heavy atom. The third-order valence-electron chi connectivity index (χ3n) is 4.42. The first-order valence-corrected chi connectivity index (χ1v) is 8.48. The lowest BCUT2D eigenvalue weighted by Crippen LogP contribution is -2.48. The monoisotopic (exact) mass is 344 g/mol. The average Bonchev–Trinajstić information content (AvgIpc) is 2.57. The standard InChI is InChI=1S/C21H25FO3/c1-14-19(22)18(25-20(2,3)4)13-21(23-5,24-14)17-11-10-15-8-6-7-9-16(15)12-17/h6-12,18-19H,1,13H2,2-5H3/t18-,19+,21-/m0/s1. The maximum absolute atomic E-state index is 14.6. The number of benzene rings is 2. The summed E-state index contributed by atoms with van der Waals surface area (Å²) in [5.41, 5.74) is 0.347. The van der Waals surface area contributed by atoms with E-state index in [-0.39, 0.29) is 12.2 Å². The summed E-state index contributed by atoms with van der Waals surface area (Å²) in [6.07, 6.45) is -1.82. The van der Waals surface area contributed by atoms with Crippen LogP contribution in [0.5, 0.6) is 0 Å². The quantitative estimate of drug-likeness (QED) is 0.776. The highest BCUT2D eigenvalue weighted by atomic mass is 19.1. The van der Waals surface area contributed by atoms with Crippen molar-refractivity contribution in [3.63, 3.8) is 0 Å². The van der Waals surface area contributed by atoms with Crippen molar-refractivity contribution in [2.45, 2.75) is 50.9 Å². The molecule has 0 amide bonds. The van der Waals surface area contributed by atoms with Crippen molar-refractivity contribution in [2.24, 2.45) is 0 Å². The van der Waals surface area contributed by atoms with Gasteiger partial charge in [-0.25, -0.2) is 4.39 Å². The topological polar surface area (TPSA) is 27.7 Å². The van der Waals surface area contributed by atoms with E-state index in [4.69, 9.17) is 14.2 Å². The number of ether oxygens (including phenoxy) is 3. The van der Waals surface area contributed by atoms with Gasteiger partial charge in [0.2, 0.25) is 5.79 Å². The Bertz CT molecular complexity index is 780. The second-order valence-electron chi connectivity index (χ2n) is 7.46. The van der Waals surface area contributed by atoms with Crippen molar-refractivity contribution in [2.75, 3.05) is 7.11 Å². The molecule has 1 heterocycles. The molecule has 0 N–H and O–H groups in total. The first kappa shape index (κ1) is 17.9. The molecule has 0 aliphatic carbocycles. The molecule has 3 atom stereocenters. The summed E-state index contributed by atoms with van der Waals surface area (Å²) in [6, 6.07) is 14.0. The summed E-state index contributed by atoms with van der Waals surface area (Å²) >= 11 is 0. The van der Waals surface area contributed by atoms with Gasteiger partial charge in [-0.05, 0) is 37.6 Å². The van der Waals surface area contributed by atoms with Crippen LogP contribution in [-0.2, 0) is 20.0 Å². The van der Waals surface area contributed by atoms with Crippen molar-refractivity contribution in [1.82, 2.24) is 0 Å². The predicted molar refractivity (Wildman–Crippen MR) is 97.0 cm³/mol. The fourth-order valence-corrected chi connectivity index (χ4v) is 3.29. The zero-order valence-corrected chi connectivity index (χ0v) is 15.2. The second-order valence-corrected chi connectivity index (χ2v) is 7.46. The van der Waals surface area contributed by atoms with E-state index in [1.165, 1.54) is 0 Å². The Labute approximate surface area is 148 Å². The molecule has 2 aromatic carbocycles. The van der Waals surface area contributed by atoms with Crippen molar-refractivity contribution in [3.8, 4) is 0 Å². The normalized spacial score (nSPS) is 27.3. The first-order chi connectivity index (χ1) is 11.7. The minimum absolute atomic E-state index is 0.0375. The molecule has 1 aliphatic heterocycles. The maximum atomic E-state index is 14.6. The molecule has 25 heavy (non-hydrogen) atoms. The third kappa shape index (κ3) is 3.55. The smallest absolute Gasteiger partial charge is 0.239 e. The lowest BCUT2D eigenvalue weighted by Gasteiger charge is -2.44. The zero-order chi connectivity index (χ0) is 18.2. The van der Waals surface area contributed by atoms with E-state index in [1.807, 2.05) is 63.2 Å². The Balaban J connectivity index is 2.01.